The Bertz CT molecular complexity index is 829. The number of aromatic nitrogens is 1. The Labute approximate surface area is 142 Å². The third-order valence-corrected chi connectivity index (χ3v) is 5.79. The van der Waals surface area contributed by atoms with E-state index in [1.54, 1.807) is 6.07 Å². The molecule has 122 valence electrons. The highest BCUT2D eigenvalue weighted by Gasteiger charge is 2.24. The first kappa shape index (κ1) is 16.4. The van der Waals surface area contributed by atoms with E-state index in [1.807, 2.05) is 4.72 Å². The van der Waals surface area contributed by atoms with Crippen LogP contribution in [0.4, 0.5) is 0 Å². The Balaban J connectivity index is 1.76. The summed E-state index contributed by atoms with van der Waals surface area (Å²) in [5.41, 5.74) is 0.0612. The number of thiazole rings is 1. The van der Waals surface area contributed by atoms with Crippen LogP contribution in [0.15, 0.2) is 34.5 Å². The molecule has 1 N–H and O–H groups in total. The number of hydrogen-bond donors (Lipinski definition) is 1. The molecule has 1 aromatic heterocycles. The molecule has 0 aliphatic carbocycles. The highest BCUT2D eigenvalue weighted by atomic mass is 35.5. The van der Waals surface area contributed by atoms with Gasteiger partial charge in [-0.3, -0.25) is 4.79 Å². The van der Waals surface area contributed by atoms with Gasteiger partial charge in [-0.25, -0.2) is 18.1 Å². The fourth-order valence-corrected chi connectivity index (χ4v) is 4.32. The minimum Gasteiger partial charge on any atom is -0.371 e. The maximum absolute atomic E-state index is 12.2. The zero-order valence-electron chi connectivity index (χ0n) is 11.9. The van der Waals surface area contributed by atoms with Crippen LogP contribution in [-0.4, -0.2) is 25.9 Å². The summed E-state index contributed by atoms with van der Waals surface area (Å²) < 4.78 is 31.9. The van der Waals surface area contributed by atoms with Gasteiger partial charge in [-0.05, 0) is 31.0 Å². The molecule has 1 atom stereocenters. The lowest BCUT2D eigenvalue weighted by atomic mass is 10.2. The zero-order valence-corrected chi connectivity index (χ0v) is 14.2. The fraction of sp³-hybridized carbons (Fsp3) is 0.286. The van der Waals surface area contributed by atoms with Gasteiger partial charge in [0.1, 0.15) is 16.8 Å². The van der Waals surface area contributed by atoms with E-state index in [-0.39, 0.29) is 21.7 Å². The van der Waals surface area contributed by atoms with Crippen molar-refractivity contribution in [3.05, 3.63) is 45.4 Å². The van der Waals surface area contributed by atoms with Crippen molar-refractivity contribution in [3.63, 3.8) is 0 Å². The maximum Gasteiger partial charge on any atom is 0.284 e. The first-order valence-corrected chi connectivity index (χ1v) is 9.59. The van der Waals surface area contributed by atoms with Crippen LogP contribution < -0.4 is 4.72 Å². The SMILES string of the molecule is O=C(NS(=O)(=O)c1cccc(Cl)c1)c1csc([C@@H]2CCCO2)n1. The lowest BCUT2D eigenvalue weighted by molar-refractivity contribution is 0.0973. The molecule has 0 saturated carbocycles. The standard InChI is InChI=1S/C14H13ClN2O4S2/c15-9-3-1-4-10(7-9)23(19,20)17-13(18)11-8-22-14(16-11)12-5-2-6-21-12/h1,3-4,7-8,12H,2,5-6H2,(H,17,18)/t12-/m0/s1. The van der Waals surface area contributed by atoms with E-state index in [9.17, 15) is 13.2 Å². The van der Waals surface area contributed by atoms with Crippen LogP contribution in [0.2, 0.25) is 5.02 Å². The molecule has 9 heteroatoms. The van der Waals surface area contributed by atoms with Crippen molar-refractivity contribution < 1.29 is 17.9 Å². The van der Waals surface area contributed by atoms with Crippen molar-refractivity contribution in [1.82, 2.24) is 9.71 Å². The van der Waals surface area contributed by atoms with Gasteiger partial charge in [0.2, 0.25) is 0 Å². The van der Waals surface area contributed by atoms with Crippen LogP contribution in [0, 0.1) is 0 Å². The highest BCUT2D eigenvalue weighted by molar-refractivity contribution is 7.90. The number of carbonyl (C=O) groups is 1. The van der Waals surface area contributed by atoms with Gasteiger partial charge in [0, 0.05) is 17.0 Å². The molecule has 23 heavy (non-hydrogen) atoms. The third kappa shape index (κ3) is 3.72. The average molecular weight is 373 g/mol. The van der Waals surface area contributed by atoms with E-state index in [0.717, 1.165) is 12.8 Å². The third-order valence-electron chi connectivity index (χ3n) is 3.29. The molecule has 1 amide bonds. The van der Waals surface area contributed by atoms with E-state index < -0.39 is 15.9 Å². The van der Waals surface area contributed by atoms with E-state index in [1.165, 1.54) is 34.9 Å². The molecule has 0 radical (unpaired) electrons. The van der Waals surface area contributed by atoms with Crippen molar-refractivity contribution >= 4 is 38.9 Å². The Kier molecular flexibility index (Phi) is 4.67. The normalized spacial score (nSPS) is 18.0. The Hall–Kier alpha value is -1.48. The van der Waals surface area contributed by atoms with E-state index >= 15 is 0 Å². The molecule has 1 aliphatic rings. The molecule has 1 saturated heterocycles. The van der Waals surface area contributed by atoms with Gasteiger partial charge >= 0.3 is 0 Å². The van der Waals surface area contributed by atoms with Crippen LogP contribution in [0.1, 0.15) is 34.4 Å². The van der Waals surface area contributed by atoms with E-state index in [2.05, 4.69) is 4.98 Å². The Morgan fingerprint density at radius 2 is 2.26 bits per heavy atom. The molecule has 6 nitrogen and oxygen atoms in total. The van der Waals surface area contributed by atoms with Crippen LogP contribution in [0.3, 0.4) is 0 Å². The molecule has 1 aliphatic heterocycles. The van der Waals surface area contributed by atoms with Crippen molar-refractivity contribution in [2.45, 2.75) is 23.8 Å². The first-order valence-electron chi connectivity index (χ1n) is 6.85. The van der Waals surface area contributed by atoms with E-state index in [0.29, 0.717) is 11.6 Å². The second-order valence-corrected chi connectivity index (χ2v) is 7.97. The topological polar surface area (TPSA) is 85.4 Å². The number of hydrogen-bond acceptors (Lipinski definition) is 6. The number of nitrogens with one attached hydrogen (secondary N) is 1. The largest absolute Gasteiger partial charge is 0.371 e. The summed E-state index contributed by atoms with van der Waals surface area (Å²) >= 11 is 7.07. The number of nitrogens with zero attached hydrogens (tertiary/aromatic N) is 1. The van der Waals surface area contributed by atoms with Gasteiger partial charge in [-0.15, -0.1) is 11.3 Å². The Morgan fingerprint density at radius 3 is 2.96 bits per heavy atom. The molecule has 2 heterocycles. The lowest BCUT2D eigenvalue weighted by Gasteiger charge is -2.06. The minimum atomic E-state index is -3.99. The molecule has 0 unspecified atom stereocenters. The van der Waals surface area contributed by atoms with Crippen molar-refractivity contribution in [3.8, 4) is 0 Å². The summed E-state index contributed by atoms with van der Waals surface area (Å²) in [4.78, 5) is 16.2. The summed E-state index contributed by atoms with van der Waals surface area (Å²) in [6.45, 7) is 0.676. The van der Waals surface area contributed by atoms with Crippen molar-refractivity contribution in [1.29, 1.82) is 0 Å². The number of benzene rings is 1. The van der Waals surface area contributed by atoms with Gasteiger partial charge in [0.25, 0.3) is 15.9 Å². The Morgan fingerprint density at radius 1 is 1.43 bits per heavy atom. The van der Waals surface area contributed by atoms with Gasteiger partial charge < -0.3 is 4.74 Å². The number of ether oxygens (including phenoxy) is 1. The molecular weight excluding hydrogens is 360 g/mol. The number of sulfonamides is 1. The van der Waals surface area contributed by atoms with Crippen LogP contribution >= 0.6 is 22.9 Å². The van der Waals surface area contributed by atoms with E-state index in [4.69, 9.17) is 16.3 Å². The van der Waals surface area contributed by atoms with Gasteiger partial charge in [-0.1, -0.05) is 17.7 Å². The molecule has 3 rings (SSSR count). The average Bonchev–Trinajstić information content (AvgIpc) is 3.18. The highest BCUT2D eigenvalue weighted by Crippen LogP contribution is 2.30. The first-order chi connectivity index (χ1) is 11.0. The fourth-order valence-electron chi connectivity index (χ4n) is 2.18. The number of amides is 1. The molecule has 1 fully saturated rings. The molecule has 0 spiro atoms. The van der Waals surface area contributed by atoms with Gasteiger partial charge in [0.05, 0.1) is 4.90 Å². The summed E-state index contributed by atoms with van der Waals surface area (Å²) in [6, 6.07) is 5.69. The predicted molar refractivity (Wildman–Crippen MR) is 86.1 cm³/mol. The quantitative estimate of drug-likeness (QED) is 0.891. The van der Waals surface area contributed by atoms with Crippen LogP contribution in [0.25, 0.3) is 0 Å². The molecular formula is C14H13ClN2O4S2. The summed E-state index contributed by atoms with van der Waals surface area (Å²) in [5, 5.41) is 2.49. The minimum absolute atomic E-state index is 0.0612. The summed E-state index contributed by atoms with van der Waals surface area (Å²) in [7, 11) is -3.99. The molecule has 0 bridgehead atoms. The zero-order chi connectivity index (χ0) is 16.4. The predicted octanol–water partition coefficient (Wildman–Crippen LogP) is 2.77. The lowest BCUT2D eigenvalue weighted by Crippen LogP contribution is -2.30. The smallest absolute Gasteiger partial charge is 0.284 e. The van der Waals surface area contributed by atoms with Crippen LogP contribution in [0.5, 0.6) is 0 Å². The van der Waals surface area contributed by atoms with Gasteiger partial charge in [-0.2, -0.15) is 0 Å². The van der Waals surface area contributed by atoms with Crippen molar-refractivity contribution in [2.75, 3.05) is 6.61 Å². The summed E-state index contributed by atoms with van der Waals surface area (Å²) in [6.07, 6.45) is 1.70. The maximum atomic E-state index is 12.2. The number of halogens is 1. The monoisotopic (exact) mass is 372 g/mol. The second kappa shape index (κ2) is 6.56. The number of rotatable bonds is 4. The van der Waals surface area contributed by atoms with Gasteiger partial charge in [0.15, 0.2) is 0 Å². The molecule has 1 aromatic carbocycles. The number of carbonyl (C=O) groups excluding carboxylic acids is 1. The van der Waals surface area contributed by atoms with Crippen molar-refractivity contribution in [2.24, 2.45) is 0 Å². The van der Waals surface area contributed by atoms with Crippen LogP contribution in [-0.2, 0) is 14.8 Å². The molecule has 2 aromatic rings. The second-order valence-electron chi connectivity index (χ2n) is 4.96. The summed E-state index contributed by atoms with van der Waals surface area (Å²) in [5.74, 6) is -0.773.